The molecule has 4 heteroatoms. The fourth-order valence-electron chi connectivity index (χ4n) is 12.4. The standard InChI is InChI=1S/C63H63BN2O/c1-59(2,3)38-22-25-40(26-23-38)65-48-34-46-45(61(7,8)28-29-62(46,9)10)33-42(48)55-56-53(41-20-16-17-21-44(41)63(56,11)12)54-43-32-39(60(4,5)6)24-27-49(43)66-50-35-52-37(30-47(50)64-57(55)58(54)66)31-51(67-52)36-18-14-13-15-19-36/h13-27,30-35,64-65H,28-29H2,1-12H3. The summed E-state index contributed by atoms with van der Waals surface area (Å²) in [6, 6.07) is 48.5. The van der Waals surface area contributed by atoms with Crippen LogP contribution in [0.25, 0.3) is 72.0 Å². The minimum Gasteiger partial charge on any atom is -0.456 e. The van der Waals surface area contributed by atoms with E-state index in [0.717, 1.165) is 48.1 Å². The number of hydrogen-bond donors (Lipinski definition) is 1. The third-order valence-corrected chi connectivity index (χ3v) is 16.3. The minimum absolute atomic E-state index is 0.0175. The van der Waals surface area contributed by atoms with E-state index in [9.17, 15) is 0 Å². The van der Waals surface area contributed by atoms with Crippen molar-refractivity contribution in [2.24, 2.45) is 0 Å². The Labute approximate surface area is 397 Å². The van der Waals surface area contributed by atoms with Crippen molar-refractivity contribution in [1.29, 1.82) is 0 Å². The van der Waals surface area contributed by atoms with E-state index in [-0.39, 0.29) is 27.1 Å². The molecule has 0 saturated heterocycles. The fourth-order valence-corrected chi connectivity index (χ4v) is 12.4. The molecule has 0 atom stereocenters. The second-order valence-corrected chi connectivity index (χ2v) is 24.2. The average Bonchev–Trinajstić information content (AvgIpc) is 3.93. The Balaban J connectivity index is 1.24. The summed E-state index contributed by atoms with van der Waals surface area (Å²) in [5.74, 6) is 0.900. The second kappa shape index (κ2) is 13.9. The summed E-state index contributed by atoms with van der Waals surface area (Å²) in [6.07, 6.45) is 2.31. The Hall–Kier alpha value is -6.26. The van der Waals surface area contributed by atoms with Gasteiger partial charge in [-0.15, -0.1) is 0 Å². The maximum atomic E-state index is 6.76. The Morgan fingerprint density at radius 3 is 1.97 bits per heavy atom. The van der Waals surface area contributed by atoms with Crippen LogP contribution in [0.2, 0.25) is 0 Å². The van der Waals surface area contributed by atoms with Crippen LogP contribution in [0.15, 0.2) is 132 Å². The van der Waals surface area contributed by atoms with Crippen LogP contribution in [0, 0.1) is 0 Å². The van der Waals surface area contributed by atoms with Crippen LogP contribution in [0.4, 0.5) is 11.4 Å². The quantitative estimate of drug-likeness (QED) is 0.179. The lowest BCUT2D eigenvalue weighted by Gasteiger charge is -2.43. The third-order valence-electron chi connectivity index (χ3n) is 16.3. The van der Waals surface area contributed by atoms with Gasteiger partial charge in [-0.1, -0.05) is 167 Å². The van der Waals surface area contributed by atoms with E-state index in [1.807, 2.05) is 0 Å². The normalized spacial score (nSPS) is 16.4. The third kappa shape index (κ3) is 6.24. The van der Waals surface area contributed by atoms with Gasteiger partial charge in [-0.25, -0.2) is 0 Å². The van der Waals surface area contributed by atoms with Gasteiger partial charge < -0.3 is 14.3 Å². The molecular formula is C63H63BN2O. The smallest absolute Gasteiger partial charge is 0.198 e. The van der Waals surface area contributed by atoms with E-state index in [2.05, 4.69) is 220 Å². The van der Waals surface area contributed by atoms with Gasteiger partial charge in [-0.3, -0.25) is 0 Å². The first-order valence-electron chi connectivity index (χ1n) is 24.7. The summed E-state index contributed by atoms with van der Waals surface area (Å²) in [4.78, 5) is 0. The molecule has 334 valence electrons. The molecule has 3 aliphatic rings. The number of fused-ring (bicyclic) bond motifs is 11. The Bertz CT molecular complexity index is 3540. The molecule has 0 bridgehead atoms. The monoisotopic (exact) mass is 875 g/mol. The molecule has 0 spiro atoms. The summed E-state index contributed by atoms with van der Waals surface area (Å²) in [5.41, 5.74) is 24.5. The Morgan fingerprint density at radius 2 is 1.27 bits per heavy atom. The zero-order chi connectivity index (χ0) is 46.7. The molecule has 3 heterocycles. The highest BCUT2D eigenvalue weighted by Gasteiger charge is 2.45. The van der Waals surface area contributed by atoms with E-state index >= 15 is 0 Å². The molecule has 0 unspecified atom stereocenters. The van der Waals surface area contributed by atoms with Crippen molar-refractivity contribution >= 4 is 62.4 Å². The van der Waals surface area contributed by atoms with Crippen molar-refractivity contribution in [3.8, 4) is 39.3 Å². The van der Waals surface area contributed by atoms with Crippen molar-refractivity contribution < 1.29 is 4.42 Å². The molecule has 2 aliphatic carbocycles. The first-order valence-corrected chi connectivity index (χ1v) is 24.7. The van der Waals surface area contributed by atoms with E-state index in [1.54, 1.807) is 0 Å². The lowest BCUT2D eigenvalue weighted by Crippen LogP contribution is -2.39. The molecule has 1 N–H and O–H groups in total. The number of anilines is 2. The van der Waals surface area contributed by atoms with E-state index < -0.39 is 0 Å². The number of furan rings is 1. The van der Waals surface area contributed by atoms with Crippen LogP contribution in [-0.4, -0.2) is 11.8 Å². The van der Waals surface area contributed by atoms with Crippen LogP contribution in [0.3, 0.4) is 0 Å². The predicted octanol–water partition coefficient (Wildman–Crippen LogP) is 15.6. The largest absolute Gasteiger partial charge is 0.456 e. The molecule has 0 fully saturated rings. The molecular weight excluding hydrogens is 812 g/mol. The summed E-state index contributed by atoms with van der Waals surface area (Å²) in [6.45, 7) is 28.7. The van der Waals surface area contributed by atoms with Gasteiger partial charge in [-0.05, 0) is 133 Å². The van der Waals surface area contributed by atoms with Gasteiger partial charge in [0.15, 0.2) is 7.28 Å². The summed E-state index contributed by atoms with van der Waals surface area (Å²) < 4.78 is 9.38. The molecule has 0 radical (unpaired) electrons. The minimum atomic E-state index is -0.280. The van der Waals surface area contributed by atoms with Gasteiger partial charge in [0.05, 0.1) is 5.52 Å². The highest BCUT2D eigenvalue weighted by Crippen LogP contribution is 2.58. The van der Waals surface area contributed by atoms with E-state index in [1.165, 1.54) is 99.7 Å². The second-order valence-electron chi connectivity index (χ2n) is 24.2. The lowest BCUT2D eigenvalue weighted by atomic mass is 9.56. The molecule has 67 heavy (non-hydrogen) atoms. The first-order chi connectivity index (χ1) is 31.7. The van der Waals surface area contributed by atoms with Gasteiger partial charge in [0.2, 0.25) is 0 Å². The summed E-state index contributed by atoms with van der Waals surface area (Å²) in [5, 5.41) is 7.96. The van der Waals surface area contributed by atoms with Crippen molar-refractivity contribution in [1.82, 2.24) is 4.57 Å². The zero-order valence-electron chi connectivity index (χ0n) is 41.6. The Kier molecular flexibility index (Phi) is 8.75. The average molecular weight is 875 g/mol. The number of hydrogen-bond acceptors (Lipinski definition) is 2. The summed E-state index contributed by atoms with van der Waals surface area (Å²) in [7, 11) is 0.802. The molecule has 0 saturated carbocycles. The van der Waals surface area contributed by atoms with Gasteiger partial charge >= 0.3 is 0 Å². The number of nitrogens with one attached hydrogen (secondary N) is 1. The van der Waals surface area contributed by atoms with E-state index in [4.69, 9.17) is 4.42 Å². The van der Waals surface area contributed by atoms with Gasteiger partial charge in [0.25, 0.3) is 0 Å². The molecule has 7 aromatic carbocycles. The van der Waals surface area contributed by atoms with Crippen molar-refractivity contribution in [2.75, 3.05) is 5.32 Å². The van der Waals surface area contributed by atoms with Crippen LogP contribution in [0.1, 0.15) is 129 Å². The highest BCUT2D eigenvalue weighted by atomic mass is 16.3. The van der Waals surface area contributed by atoms with Crippen molar-refractivity contribution in [3.63, 3.8) is 0 Å². The molecule has 3 nitrogen and oxygen atoms in total. The van der Waals surface area contributed by atoms with Gasteiger partial charge in [-0.2, -0.15) is 0 Å². The lowest BCUT2D eigenvalue weighted by molar-refractivity contribution is 0.332. The van der Waals surface area contributed by atoms with Crippen LogP contribution in [-0.2, 0) is 27.1 Å². The molecule has 0 amide bonds. The fraction of sp³-hybridized carbons (Fsp3) is 0.302. The van der Waals surface area contributed by atoms with Crippen LogP contribution < -0.4 is 16.2 Å². The SMILES string of the molecule is CC(C)(C)c1ccc(Nc2cc3c(cc2-c2c4c(c5c6cc(C(C)(C)C)ccc6n6c5c2Bc2cc5cc(-c7ccccc7)oc5cc2-6)-c2ccccc2C4(C)C)C(C)(C)CCC3(C)C)cc1. The Morgan fingerprint density at radius 1 is 0.612 bits per heavy atom. The maximum absolute atomic E-state index is 6.76. The number of rotatable bonds is 4. The van der Waals surface area contributed by atoms with Crippen molar-refractivity contribution in [3.05, 3.63) is 161 Å². The highest BCUT2D eigenvalue weighted by molar-refractivity contribution is 6.74. The van der Waals surface area contributed by atoms with E-state index in [0.29, 0.717) is 0 Å². The van der Waals surface area contributed by atoms with Crippen LogP contribution >= 0.6 is 0 Å². The van der Waals surface area contributed by atoms with Gasteiger partial charge in [0, 0.05) is 61.3 Å². The van der Waals surface area contributed by atoms with Gasteiger partial charge in [0.1, 0.15) is 11.3 Å². The molecule has 1 aliphatic heterocycles. The summed E-state index contributed by atoms with van der Waals surface area (Å²) >= 11 is 0. The molecule has 2 aromatic heterocycles. The van der Waals surface area contributed by atoms with Crippen molar-refractivity contribution in [2.45, 2.75) is 123 Å². The number of aromatic nitrogens is 1. The maximum Gasteiger partial charge on any atom is 0.198 e. The number of nitrogens with zero attached hydrogens (tertiary/aromatic N) is 1. The topological polar surface area (TPSA) is 30.1 Å². The molecule has 12 rings (SSSR count). The first kappa shape index (κ1) is 42.1. The number of benzene rings is 7. The van der Waals surface area contributed by atoms with Crippen LogP contribution in [0.5, 0.6) is 0 Å². The molecule has 9 aromatic rings. The zero-order valence-corrected chi connectivity index (χ0v) is 41.6. The predicted molar refractivity (Wildman–Crippen MR) is 288 cm³/mol.